The van der Waals surface area contributed by atoms with E-state index in [-0.39, 0.29) is 0 Å². The number of fused-ring (bicyclic) bond motifs is 2. The number of guanidine groups is 1. The van der Waals surface area contributed by atoms with Gasteiger partial charge in [0, 0.05) is 30.6 Å². The Kier molecular flexibility index (Phi) is 5.54. The van der Waals surface area contributed by atoms with Gasteiger partial charge in [0.25, 0.3) is 0 Å². The van der Waals surface area contributed by atoms with Crippen LogP contribution in [0.1, 0.15) is 49.7 Å². The first-order chi connectivity index (χ1) is 11.2. The summed E-state index contributed by atoms with van der Waals surface area (Å²) in [5.41, 5.74) is 1.11. The molecule has 3 rings (SSSR count). The van der Waals surface area contributed by atoms with Crippen LogP contribution in [0.5, 0.6) is 0 Å². The number of aliphatic imine (C=N–C) groups is 1. The van der Waals surface area contributed by atoms with Gasteiger partial charge in [-0.2, -0.15) is 0 Å². The summed E-state index contributed by atoms with van der Waals surface area (Å²) < 4.78 is 0. The summed E-state index contributed by atoms with van der Waals surface area (Å²) in [5.74, 6) is 0.906. The van der Waals surface area contributed by atoms with E-state index in [0.717, 1.165) is 36.7 Å². The Labute approximate surface area is 143 Å². The largest absolute Gasteiger partial charge is 0.354 e. The van der Waals surface area contributed by atoms with Gasteiger partial charge < -0.3 is 15.5 Å². The lowest BCUT2D eigenvalue weighted by Gasteiger charge is -2.47. The molecule has 2 fully saturated rings. The molecule has 128 valence electrons. The molecule has 2 unspecified atom stereocenters. The minimum atomic E-state index is 0.536. The molecule has 2 aliphatic heterocycles. The van der Waals surface area contributed by atoms with Crippen molar-refractivity contribution in [3.63, 3.8) is 0 Å². The van der Waals surface area contributed by atoms with Gasteiger partial charge >= 0.3 is 0 Å². The lowest BCUT2D eigenvalue weighted by molar-refractivity contribution is 0.0526. The zero-order valence-electron chi connectivity index (χ0n) is 14.5. The van der Waals surface area contributed by atoms with Crippen LogP contribution in [0.2, 0.25) is 0 Å². The van der Waals surface area contributed by atoms with E-state index in [1.165, 1.54) is 37.1 Å². The SMILES string of the molecule is CCc1nc(CNC(=NC)NC2CC3CCCC(C2)N3C)cs1. The highest BCUT2D eigenvalue weighted by atomic mass is 32.1. The minimum Gasteiger partial charge on any atom is -0.354 e. The van der Waals surface area contributed by atoms with Gasteiger partial charge in [0.1, 0.15) is 0 Å². The Bertz CT molecular complexity index is 527. The van der Waals surface area contributed by atoms with Crippen molar-refractivity contribution in [3.8, 4) is 0 Å². The Morgan fingerprint density at radius 3 is 2.74 bits per heavy atom. The summed E-state index contributed by atoms with van der Waals surface area (Å²) in [5, 5.41) is 10.4. The summed E-state index contributed by atoms with van der Waals surface area (Å²) in [6.07, 6.45) is 7.54. The molecule has 23 heavy (non-hydrogen) atoms. The molecule has 3 heterocycles. The Morgan fingerprint density at radius 2 is 2.13 bits per heavy atom. The third-order valence-corrected chi connectivity index (χ3v) is 6.28. The normalized spacial score (nSPS) is 28.7. The molecule has 2 N–H and O–H groups in total. The minimum absolute atomic E-state index is 0.536. The lowest BCUT2D eigenvalue weighted by atomic mass is 9.82. The lowest BCUT2D eigenvalue weighted by Crippen LogP contribution is -2.56. The zero-order chi connectivity index (χ0) is 16.2. The highest BCUT2D eigenvalue weighted by molar-refractivity contribution is 7.09. The molecule has 0 aliphatic carbocycles. The van der Waals surface area contributed by atoms with Gasteiger partial charge in [-0.05, 0) is 39.2 Å². The number of aryl methyl sites for hydroxylation is 1. The molecule has 1 aromatic rings. The van der Waals surface area contributed by atoms with Crippen molar-refractivity contribution >= 4 is 17.3 Å². The molecule has 0 saturated carbocycles. The van der Waals surface area contributed by atoms with E-state index >= 15 is 0 Å². The number of hydrogen-bond donors (Lipinski definition) is 2. The number of nitrogens with one attached hydrogen (secondary N) is 2. The fraction of sp³-hybridized carbons (Fsp3) is 0.765. The molecule has 0 radical (unpaired) electrons. The highest BCUT2D eigenvalue weighted by Crippen LogP contribution is 2.32. The highest BCUT2D eigenvalue weighted by Gasteiger charge is 2.36. The molecule has 0 aromatic carbocycles. The fourth-order valence-electron chi connectivity index (χ4n) is 3.89. The van der Waals surface area contributed by atoms with E-state index in [1.807, 2.05) is 7.05 Å². The maximum Gasteiger partial charge on any atom is 0.191 e. The van der Waals surface area contributed by atoms with E-state index < -0.39 is 0 Å². The predicted molar refractivity (Wildman–Crippen MR) is 97.0 cm³/mol. The van der Waals surface area contributed by atoms with Gasteiger partial charge in [0.15, 0.2) is 5.96 Å². The maximum atomic E-state index is 4.60. The molecule has 2 bridgehead atoms. The predicted octanol–water partition coefficient (Wildman–Crippen LogP) is 2.39. The first kappa shape index (κ1) is 16.7. The Hall–Kier alpha value is -1.14. The number of piperidine rings is 2. The van der Waals surface area contributed by atoms with Crippen molar-refractivity contribution in [2.45, 2.75) is 70.1 Å². The maximum absolute atomic E-state index is 4.60. The van der Waals surface area contributed by atoms with Gasteiger partial charge in [0.05, 0.1) is 17.2 Å². The average Bonchev–Trinajstić information content (AvgIpc) is 3.00. The van der Waals surface area contributed by atoms with Gasteiger partial charge in [-0.1, -0.05) is 13.3 Å². The first-order valence-electron chi connectivity index (χ1n) is 8.82. The summed E-state index contributed by atoms with van der Waals surface area (Å²) in [4.78, 5) is 11.6. The Balaban J connectivity index is 1.51. The molecule has 0 amide bonds. The van der Waals surface area contributed by atoms with Crippen LogP contribution in [0.15, 0.2) is 10.4 Å². The molecular weight excluding hydrogens is 306 g/mol. The van der Waals surface area contributed by atoms with E-state index in [9.17, 15) is 0 Å². The number of thiazole rings is 1. The van der Waals surface area contributed by atoms with Crippen LogP contribution < -0.4 is 10.6 Å². The molecule has 0 spiro atoms. The monoisotopic (exact) mass is 335 g/mol. The van der Waals surface area contributed by atoms with Crippen molar-refractivity contribution < 1.29 is 0 Å². The van der Waals surface area contributed by atoms with Crippen LogP contribution in [0.25, 0.3) is 0 Å². The van der Waals surface area contributed by atoms with Gasteiger partial charge in [-0.15, -0.1) is 11.3 Å². The van der Waals surface area contributed by atoms with Crippen LogP contribution in [0.3, 0.4) is 0 Å². The van der Waals surface area contributed by atoms with Gasteiger partial charge in [-0.25, -0.2) is 4.98 Å². The Morgan fingerprint density at radius 1 is 1.39 bits per heavy atom. The van der Waals surface area contributed by atoms with Crippen molar-refractivity contribution in [1.82, 2.24) is 20.5 Å². The van der Waals surface area contributed by atoms with Crippen molar-refractivity contribution in [2.75, 3.05) is 14.1 Å². The van der Waals surface area contributed by atoms with Crippen LogP contribution in [-0.4, -0.2) is 48.1 Å². The van der Waals surface area contributed by atoms with E-state index in [4.69, 9.17) is 0 Å². The van der Waals surface area contributed by atoms with Crippen LogP contribution in [-0.2, 0) is 13.0 Å². The summed E-state index contributed by atoms with van der Waals surface area (Å²) in [7, 11) is 4.15. The van der Waals surface area contributed by atoms with Crippen LogP contribution >= 0.6 is 11.3 Å². The second-order valence-corrected chi connectivity index (χ2v) is 7.67. The quantitative estimate of drug-likeness (QED) is 0.655. The molecule has 2 saturated heterocycles. The van der Waals surface area contributed by atoms with Crippen molar-refractivity contribution in [1.29, 1.82) is 0 Å². The molecule has 1 aromatic heterocycles. The van der Waals surface area contributed by atoms with Gasteiger partial charge in [-0.3, -0.25) is 4.99 Å². The number of nitrogens with zero attached hydrogens (tertiary/aromatic N) is 3. The molecular formula is C17H29N5S. The van der Waals surface area contributed by atoms with Crippen molar-refractivity contribution in [2.24, 2.45) is 4.99 Å². The van der Waals surface area contributed by atoms with Crippen LogP contribution in [0.4, 0.5) is 0 Å². The summed E-state index contributed by atoms with van der Waals surface area (Å²) >= 11 is 1.74. The third kappa shape index (κ3) is 4.04. The number of aromatic nitrogens is 1. The standard InChI is InChI=1S/C17H29N5S/c1-4-16-20-13(11-23-16)10-19-17(18-2)21-12-8-14-6-5-7-15(9-12)22(14)3/h11-12,14-15H,4-10H2,1-3H3,(H2,18,19,21). The van der Waals surface area contributed by atoms with E-state index in [0.29, 0.717) is 6.04 Å². The molecule has 2 atom stereocenters. The molecule has 6 heteroatoms. The van der Waals surface area contributed by atoms with Crippen LogP contribution in [0, 0.1) is 0 Å². The summed E-state index contributed by atoms with van der Waals surface area (Å²) in [6, 6.07) is 2.02. The number of hydrogen-bond acceptors (Lipinski definition) is 4. The first-order valence-corrected chi connectivity index (χ1v) is 9.70. The van der Waals surface area contributed by atoms with Gasteiger partial charge in [0.2, 0.25) is 0 Å². The average molecular weight is 336 g/mol. The summed E-state index contributed by atoms with van der Waals surface area (Å²) in [6.45, 7) is 2.89. The van der Waals surface area contributed by atoms with E-state index in [2.05, 4.69) is 44.9 Å². The van der Waals surface area contributed by atoms with Crippen molar-refractivity contribution in [3.05, 3.63) is 16.1 Å². The second-order valence-electron chi connectivity index (χ2n) is 6.73. The topological polar surface area (TPSA) is 52.6 Å². The number of rotatable bonds is 4. The fourth-order valence-corrected chi connectivity index (χ4v) is 4.63. The van der Waals surface area contributed by atoms with E-state index in [1.54, 1.807) is 11.3 Å². The third-order valence-electron chi connectivity index (χ3n) is 5.24. The smallest absolute Gasteiger partial charge is 0.191 e. The molecule has 5 nitrogen and oxygen atoms in total. The second kappa shape index (κ2) is 7.62. The zero-order valence-corrected chi connectivity index (χ0v) is 15.3. The molecule has 2 aliphatic rings.